The Labute approximate surface area is 187 Å². The number of ether oxygens (including phenoxy) is 2. The van der Waals surface area contributed by atoms with E-state index in [1.165, 1.54) is 6.20 Å². The maximum absolute atomic E-state index is 12.2. The summed E-state index contributed by atoms with van der Waals surface area (Å²) in [7, 11) is -4.81. The maximum atomic E-state index is 12.2. The lowest BCUT2D eigenvalue weighted by atomic mass is 10.2. The quantitative estimate of drug-likeness (QED) is 0.351. The molecule has 3 rings (SSSR count). The molecule has 11 nitrogen and oxygen atoms in total. The molecule has 1 aromatic heterocycles. The van der Waals surface area contributed by atoms with Crippen LogP contribution in [-0.2, 0) is 31.6 Å². The summed E-state index contributed by atoms with van der Waals surface area (Å²) < 4.78 is 28.5. The number of halogens is 1. The molecule has 0 spiro atoms. The lowest BCUT2D eigenvalue weighted by molar-refractivity contribution is -0.0424. The first-order chi connectivity index (χ1) is 15.2. The number of carbonyl (C=O) groups is 1. The number of aliphatic hydroxyl groups excluding tert-OH is 1. The number of nitrogens with one attached hydrogen (secondary N) is 1. The molecular formula is C19H22ClN2O9P. The smallest absolute Gasteiger partial charge is 0.435 e. The van der Waals surface area contributed by atoms with E-state index in [0.29, 0.717) is 5.56 Å². The molecule has 174 valence electrons. The zero-order chi connectivity index (χ0) is 23.3. The number of nitrogens with zero attached hydrogens (tertiary/aromatic N) is 1. The van der Waals surface area contributed by atoms with Gasteiger partial charge in [-0.25, -0.2) is 14.2 Å². The number of hydrogen-bond donors (Lipinski definition) is 3. The van der Waals surface area contributed by atoms with Crippen LogP contribution in [0.1, 0.15) is 23.8 Å². The summed E-state index contributed by atoms with van der Waals surface area (Å²) in [5.41, 5.74) is -1.87. The molecule has 4 atom stereocenters. The first-order valence-corrected chi connectivity index (χ1v) is 11.7. The van der Waals surface area contributed by atoms with Gasteiger partial charge < -0.3 is 19.5 Å². The molecule has 0 bridgehead atoms. The van der Waals surface area contributed by atoms with Crippen LogP contribution in [0, 0.1) is 0 Å². The second-order valence-electron chi connectivity index (χ2n) is 7.05. The van der Waals surface area contributed by atoms with Gasteiger partial charge in [-0.1, -0.05) is 30.3 Å². The second-order valence-corrected chi connectivity index (χ2v) is 9.09. The predicted octanol–water partition coefficient (Wildman–Crippen LogP) is 1.51. The first kappa shape index (κ1) is 24.4. The highest BCUT2D eigenvalue weighted by Gasteiger charge is 2.40. The van der Waals surface area contributed by atoms with Gasteiger partial charge in [-0.3, -0.25) is 18.9 Å². The summed E-state index contributed by atoms with van der Waals surface area (Å²) in [5.74, 6) is 0.165. The van der Waals surface area contributed by atoms with E-state index in [4.69, 9.17) is 25.6 Å². The lowest BCUT2D eigenvalue weighted by Gasteiger charge is -2.18. The summed E-state index contributed by atoms with van der Waals surface area (Å²) in [6, 6.07) is 8.57. The number of carbonyl (C=O) groups excluding carboxylic acids is 1. The molecule has 3 N–H and O–H groups in total. The standard InChI is InChI=1S/C19H22ClN2O9P/c20-7-6-13-9-22(18(25)21-17(13)24)16-8-14(23)15(31-16)11-30-32(27,28)19(26)29-10-12-4-2-1-3-5-12/h1-5,9,14-16,23H,6-8,10-11H2,(H,27,28)(H,21,24,25)/t14-,15+,16+/m0/s1. The minimum absolute atomic E-state index is 0.0471. The molecule has 2 aromatic rings. The van der Waals surface area contributed by atoms with Crippen LogP contribution in [-0.4, -0.2) is 50.0 Å². The van der Waals surface area contributed by atoms with Crippen molar-refractivity contribution in [2.45, 2.75) is 37.9 Å². The van der Waals surface area contributed by atoms with E-state index in [-0.39, 0.29) is 30.9 Å². The van der Waals surface area contributed by atoms with E-state index in [9.17, 15) is 28.9 Å². The van der Waals surface area contributed by atoms with Crippen molar-refractivity contribution in [3.05, 3.63) is 68.5 Å². The van der Waals surface area contributed by atoms with E-state index < -0.39 is 49.6 Å². The van der Waals surface area contributed by atoms with E-state index >= 15 is 0 Å². The molecule has 2 heterocycles. The van der Waals surface area contributed by atoms with Crippen molar-refractivity contribution in [2.75, 3.05) is 12.5 Å². The van der Waals surface area contributed by atoms with Crippen molar-refractivity contribution >= 4 is 24.9 Å². The Morgan fingerprint density at radius 3 is 2.72 bits per heavy atom. The topological polar surface area (TPSA) is 157 Å². The highest BCUT2D eigenvalue weighted by Crippen LogP contribution is 2.45. The third-order valence-electron chi connectivity index (χ3n) is 4.77. The van der Waals surface area contributed by atoms with Crippen LogP contribution in [0.4, 0.5) is 4.79 Å². The summed E-state index contributed by atoms with van der Waals surface area (Å²) in [4.78, 5) is 47.9. The van der Waals surface area contributed by atoms with Gasteiger partial charge in [0, 0.05) is 24.1 Å². The Bertz CT molecular complexity index is 1100. The van der Waals surface area contributed by atoms with Gasteiger partial charge >= 0.3 is 19.0 Å². The number of hydrogen-bond acceptors (Lipinski definition) is 8. The van der Waals surface area contributed by atoms with E-state index in [0.717, 1.165) is 4.57 Å². The van der Waals surface area contributed by atoms with Crippen LogP contribution in [0.5, 0.6) is 0 Å². The zero-order valence-electron chi connectivity index (χ0n) is 16.8. The second kappa shape index (κ2) is 10.6. The van der Waals surface area contributed by atoms with Gasteiger partial charge in [-0.05, 0) is 12.0 Å². The molecule has 0 aliphatic carbocycles. The van der Waals surface area contributed by atoms with Gasteiger partial charge in [0.25, 0.3) is 5.56 Å². The maximum Gasteiger partial charge on any atom is 0.435 e. The van der Waals surface area contributed by atoms with Crippen molar-refractivity contribution in [2.24, 2.45) is 0 Å². The lowest BCUT2D eigenvalue weighted by Crippen LogP contribution is -2.34. The van der Waals surface area contributed by atoms with Crippen molar-refractivity contribution in [1.29, 1.82) is 0 Å². The summed E-state index contributed by atoms with van der Waals surface area (Å²) in [5, 5.41) is 10.2. The number of H-pyrrole nitrogens is 1. The molecule has 0 amide bonds. The third kappa shape index (κ3) is 5.94. The van der Waals surface area contributed by atoms with E-state index in [1.54, 1.807) is 30.3 Å². The average Bonchev–Trinajstić information content (AvgIpc) is 3.13. The van der Waals surface area contributed by atoms with Crippen molar-refractivity contribution in [1.82, 2.24) is 9.55 Å². The summed E-state index contributed by atoms with van der Waals surface area (Å²) >= 11 is 5.66. The molecule has 1 aliphatic heterocycles. The Morgan fingerprint density at radius 2 is 2.03 bits per heavy atom. The summed E-state index contributed by atoms with van der Waals surface area (Å²) in [6.07, 6.45) is -1.75. The highest BCUT2D eigenvalue weighted by molar-refractivity contribution is 7.70. The van der Waals surface area contributed by atoms with Gasteiger partial charge in [0.1, 0.15) is 18.9 Å². The third-order valence-corrected chi connectivity index (χ3v) is 6.05. The largest absolute Gasteiger partial charge is 0.452 e. The van der Waals surface area contributed by atoms with Crippen molar-refractivity contribution < 1.29 is 33.4 Å². The number of aryl methyl sites for hydroxylation is 1. The number of aromatic amines is 1. The van der Waals surface area contributed by atoms with Gasteiger partial charge in [0.2, 0.25) is 0 Å². The van der Waals surface area contributed by atoms with Crippen molar-refractivity contribution in [3.63, 3.8) is 0 Å². The zero-order valence-corrected chi connectivity index (χ0v) is 18.4. The van der Waals surface area contributed by atoms with Crippen LogP contribution in [0.3, 0.4) is 0 Å². The molecule has 0 radical (unpaired) electrons. The molecule has 13 heteroatoms. The monoisotopic (exact) mass is 488 g/mol. The molecule has 1 aromatic carbocycles. The van der Waals surface area contributed by atoms with Crippen LogP contribution in [0.25, 0.3) is 0 Å². The Morgan fingerprint density at radius 1 is 1.31 bits per heavy atom. The van der Waals surface area contributed by atoms with E-state index in [1.807, 2.05) is 0 Å². The van der Waals surface area contributed by atoms with Crippen LogP contribution >= 0.6 is 19.2 Å². The molecule has 1 fully saturated rings. The van der Waals surface area contributed by atoms with Crippen LogP contribution < -0.4 is 11.2 Å². The van der Waals surface area contributed by atoms with Crippen molar-refractivity contribution in [3.8, 4) is 0 Å². The fourth-order valence-corrected chi connectivity index (χ4v) is 3.97. The number of rotatable bonds is 9. The molecule has 0 saturated carbocycles. The Kier molecular flexibility index (Phi) is 8.05. The first-order valence-electron chi connectivity index (χ1n) is 9.63. The van der Waals surface area contributed by atoms with Gasteiger partial charge in [0.15, 0.2) is 0 Å². The number of aromatic nitrogens is 2. The SMILES string of the molecule is O=C(OCc1ccccc1)P(=O)(O)OC[C@H]1O[C@@H](n2cc(CCCl)c(=O)[nH]c2=O)C[C@@H]1O. The Balaban J connectivity index is 1.60. The summed E-state index contributed by atoms with van der Waals surface area (Å²) in [6.45, 7) is -0.809. The van der Waals surface area contributed by atoms with Gasteiger partial charge in [-0.15, -0.1) is 11.6 Å². The van der Waals surface area contributed by atoms with Crippen LogP contribution in [0.15, 0.2) is 46.1 Å². The van der Waals surface area contributed by atoms with Gasteiger partial charge in [0.05, 0.1) is 12.7 Å². The molecule has 1 saturated heterocycles. The molecule has 32 heavy (non-hydrogen) atoms. The van der Waals surface area contributed by atoms with Crippen LogP contribution in [0.2, 0.25) is 0 Å². The minimum Gasteiger partial charge on any atom is -0.452 e. The minimum atomic E-state index is -4.81. The molecule has 1 aliphatic rings. The Hall–Kier alpha value is -2.27. The molecular weight excluding hydrogens is 467 g/mol. The number of alkyl halides is 1. The normalized spacial score (nSPS) is 22.4. The number of benzene rings is 1. The predicted molar refractivity (Wildman–Crippen MR) is 113 cm³/mol. The van der Waals surface area contributed by atoms with E-state index in [2.05, 4.69) is 4.98 Å². The fourth-order valence-electron chi connectivity index (χ4n) is 3.08. The average molecular weight is 489 g/mol. The number of aliphatic hydroxyl groups is 1. The fraction of sp³-hybridized carbons (Fsp3) is 0.421. The highest BCUT2D eigenvalue weighted by atomic mass is 35.5. The van der Waals surface area contributed by atoms with Gasteiger partial charge in [-0.2, -0.15) is 0 Å². The molecule has 1 unspecified atom stereocenters.